The molecular weight excluding hydrogens is 170 g/mol. The Kier molecular flexibility index (Phi) is 2.29. The van der Waals surface area contributed by atoms with Crippen molar-refractivity contribution in [1.82, 2.24) is 0 Å². The highest BCUT2D eigenvalue weighted by molar-refractivity contribution is 8.01. The van der Waals surface area contributed by atoms with Crippen LogP contribution in [-0.2, 0) is 4.74 Å². The summed E-state index contributed by atoms with van der Waals surface area (Å²) in [7, 11) is 0. The van der Waals surface area contributed by atoms with Crippen LogP contribution >= 0.6 is 11.8 Å². The van der Waals surface area contributed by atoms with Gasteiger partial charge in [0, 0.05) is 5.25 Å². The summed E-state index contributed by atoms with van der Waals surface area (Å²) >= 11 is 1.86. The average molecular weight is 183 g/mol. The van der Waals surface area contributed by atoms with Gasteiger partial charge in [-0.1, -0.05) is 12.8 Å². The number of thioether (sulfide) groups is 1. The quantitative estimate of drug-likeness (QED) is 0.656. The molecule has 2 nitrogen and oxygen atoms in total. The molecule has 1 aliphatic carbocycles. The topological polar surface area (TPSA) is 33.0 Å². The minimum atomic E-state index is -0.172. The maximum absolute atomic E-state index is 8.95. The monoisotopic (exact) mass is 183 g/mol. The highest BCUT2D eigenvalue weighted by atomic mass is 32.2. The molecule has 12 heavy (non-hydrogen) atoms. The third kappa shape index (κ3) is 1.46. The number of hydrogen-bond acceptors (Lipinski definition) is 3. The fraction of sp³-hybridized carbons (Fsp3) is 0.889. The molecule has 2 fully saturated rings. The molecule has 0 aromatic heterocycles. The Morgan fingerprint density at radius 1 is 1.33 bits per heavy atom. The molecule has 0 spiro atoms. The van der Waals surface area contributed by atoms with E-state index in [1.807, 2.05) is 11.8 Å². The standard InChI is InChI=1S/C9H13NOS/c10-5-9(6-11-7-9)12-8-3-1-2-4-8/h8H,1-4,6-7H2. The summed E-state index contributed by atoms with van der Waals surface area (Å²) in [6.45, 7) is 1.29. The lowest BCUT2D eigenvalue weighted by atomic mass is 10.1. The van der Waals surface area contributed by atoms with Crippen LogP contribution in [0.25, 0.3) is 0 Å². The van der Waals surface area contributed by atoms with E-state index >= 15 is 0 Å². The van der Waals surface area contributed by atoms with Crippen molar-refractivity contribution in [1.29, 1.82) is 5.26 Å². The molecule has 66 valence electrons. The Labute approximate surface area is 77.3 Å². The Morgan fingerprint density at radius 2 is 2.00 bits per heavy atom. The van der Waals surface area contributed by atoms with Gasteiger partial charge in [-0.15, -0.1) is 11.8 Å². The van der Waals surface area contributed by atoms with Crippen molar-refractivity contribution in [2.45, 2.75) is 35.7 Å². The van der Waals surface area contributed by atoms with Crippen molar-refractivity contribution < 1.29 is 4.74 Å². The van der Waals surface area contributed by atoms with E-state index in [9.17, 15) is 0 Å². The second-order valence-corrected chi connectivity index (χ2v) is 5.31. The van der Waals surface area contributed by atoms with Crippen LogP contribution in [-0.4, -0.2) is 23.2 Å². The minimum Gasteiger partial charge on any atom is -0.376 e. The molecule has 1 heterocycles. The van der Waals surface area contributed by atoms with Gasteiger partial charge in [0.15, 0.2) is 0 Å². The molecule has 2 rings (SSSR count). The van der Waals surface area contributed by atoms with E-state index in [1.54, 1.807) is 0 Å². The average Bonchev–Trinajstić information content (AvgIpc) is 2.49. The van der Waals surface area contributed by atoms with Crippen LogP contribution in [0.5, 0.6) is 0 Å². The van der Waals surface area contributed by atoms with Gasteiger partial charge in [-0.25, -0.2) is 0 Å². The van der Waals surface area contributed by atoms with Gasteiger partial charge in [0.05, 0.1) is 19.3 Å². The summed E-state index contributed by atoms with van der Waals surface area (Å²) in [5, 5.41) is 9.68. The van der Waals surface area contributed by atoms with Gasteiger partial charge in [0.25, 0.3) is 0 Å². The van der Waals surface area contributed by atoms with Gasteiger partial charge in [0.2, 0.25) is 0 Å². The largest absolute Gasteiger partial charge is 0.376 e. The first-order valence-corrected chi connectivity index (χ1v) is 5.39. The van der Waals surface area contributed by atoms with E-state index in [0.717, 1.165) is 5.25 Å². The smallest absolute Gasteiger partial charge is 0.149 e. The Bertz CT molecular complexity index is 201. The van der Waals surface area contributed by atoms with Crippen LogP contribution in [0, 0.1) is 11.3 Å². The second-order valence-electron chi connectivity index (χ2n) is 3.62. The van der Waals surface area contributed by atoms with Crippen molar-refractivity contribution in [2.75, 3.05) is 13.2 Å². The summed E-state index contributed by atoms with van der Waals surface area (Å²) in [6, 6.07) is 2.38. The van der Waals surface area contributed by atoms with Crippen molar-refractivity contribution in [3.8, 4) is 6.07 Å². The first kappa shape index (κ1) is 8.40. The molecule has 0 aromatic rings. The number of hydrogen-bond donors (Lipinski definition) is 0. The number of nitriles is 1. The maximum atomic E-state index is 8.95. The number of nitrogens with zero attached hydrogens (tertiary/aromatic N) is 1. The summed E-state index contributed by atoms with van der Waals surface area (Å²) in [5.41, 5.74) is 0. The van der Waals surface area contributed by atoms with E-state index in [4.69, 9.17) is 10.00 Å². The third-order valence-electron chi connectivity index (χ3n) is 2.57. The molecule has 1 saturated heterocycles. The van der Waals surface area contributed by atoms with E-state index in [1.165, 1.54) is 25.7 Å². The molecule has 0 bridgehead atoms. The fourth-order valence-corrected chi connectivity index (χ4v) is 3.33. The molecule has 0 radical (unpaired) electrons. The van der Waals surface area contributed by atoms with Crippen LogP contribution in [0.3, 0.4) is 0 Å². The zero-order valence-electron chi connectivity index (χ0n) is 7.08. The molecule has 0 unspecified atom stereocenters. The lowest BCUT2D eigenvalue weighted by Gasteiger charge is -2.36. The van der Waals surface area contributed by atoms with Gasteiger partial charge >= 0.3 is 0 Å². The first-order chi connectivity index (χ1) is 5.85. The predicted molar refractivity (Wildman–Crippen MR) is 49.0 cm³/mol. The van der Waals surface area contributed by atoms with Crippen LogP contribution < -0.4 is 0 Å². The van der Waals surface area contributed by atoms with Crippen LogP contribution in [0.2, 0.25) is 0 Å². The van der Waals surface area contributed by atoms with Crippen LogP contribution in [0.4, 0.5) is 0 Å². The highest BCUT2D eigenvalue weighted by Crippen LogP contribution is 2.41. The van der Waals surface area contributed by atoms with E-state index < -0.39 is 0 Å². The van der Waals surface area contributed by atoms with E-state index in [-0.39, 0.29) is 4.75 Å². The predicted octanol–water partition coefficient (Wildman–Crippen LogP) is 1.95. The van der Waals surface area contributed by atoms with Gasteiger partial charge in [-0.2, -0.15) is 5.26 Å². The summed E-state index contributed by atoms with van der Waals surface area (Å²) < 4.78 is 4.92. The van der Waals surface area contributed by atoms with Gasteiger partial charge in [-0.05, 0) is 12.8 Å². The van der Waals surface area contributed by atoms with E-state index in [0.29, 0.717) is 13.2 Å². The zero-order chi connectivity index (χ0) is 8.44. The summed E-state index contributed by atoms with van der Waals surface area (Å²) in [6.07, 6.45) is 5.29. The minimum absolute atomic E-state index is 0.172. The molecule has 0 N–H and O–H groups in total. The molecular formula is C9H13NOS. The summed E-state index contributed by atoms with van der Waals surface area (Å²) in [4.78, 5) is 0. The van der Waals surface area contributed by atoms with Crippen LogP contribution in [0.1, 0.15) is 25.7 Å². The molecule has 0 atom stereocenters. The SMILES string of the molecule is N#CC1(SC2CCCC2)COC1. The van der Waals surface area contributed by atoms with Gasteiger partial charge < -0.3 is 4.74 Å². The zero-order valence-corrected chi connectivity index (χ0v) is 7.90. The van der Waals surface area contributed by atoms with Crippen molar-refractivity contribution in [2.24, 2.45) is 0 Å². The molecule has 1 saturated carbocycles. The van der Waals surface area contributed by atoms with Crippen LogP contribution in [0.15, 0.2) is 0 Å². The second kappa shape index (κ2) is 3.27. The lowest BCUT2D eigenvalue weighted by Crippen LogP contribution is -2.46. The highest BCUT2D eigenvalue weighted by Gasteiger charge is 2.42. The van der Waals surface area contributed by atoms with Crippen molar-refractivity contribution in [3.63, 3.8) is 0 Å². The fourth-order valence-electron chi connectivity index (χ4n) is 1.77. The Hall–Kier alpha value is -0.200. The van der Waals surface area contributed by atoms with Gasteiger partial charge in [-0.3, -0.25) is 0 Å². The number of ether oxygens (including phenoxy) is 1. The van der Waals surface area contributed by atoms with Crippen molar-refractivity contribution >= 4 is 11.8 Å². The van der Waals surface area contributed by atoms with Gasteiger partial charge in [0.1, 0.15) is 4.75 Å². The number of rotatable bonds is 2. The Balaban J connectivity index is 1.88. The molecule has 0 aromatic carbocycles. The van der Waals surface area contributed by atoms with E-state index in [2.05, 4.69) is 6.07 Å². The normalized spacial score (nSPS) is 27.9. The summed E-state index contributed by atoms with van der Waals surface area (Å²) in [5.74, 6) is 0. The molecule has 1 aliphatic heterocycles. The molecule has 0 amide bonds. The Morgan fingerprint density at radius 3 is 2.42 bits per heavy atom. The lowest BCUT2D eigenvalue weighted by molar-refractivity contribution is 0.0159. The molecule has 3 heteroatoms. The third-order valence-corrected chi connectivity index (χ3v) is 4.15. The van der Waals surface area contributed by atoms with Crippen molar-refractivity contribution in [3.05, 3.63) is 0 Å². The first-order valence-electron chi connectivity index (χ1n) is 4.51. The molecule has 2 aliphatic rings. The maximum Gasteiger partial charge on any atom is 0.149 e.